The maximum absolute atomic E-state index is 12.1. The molecule has 1 heterocycles. The van der Waals surface area contributed by atoms with Crippen LogP contribution in [0.25, 0.3) is 0 Å². The standard InChI is InChI=1S/C18H26N2O3/c1-5-13-22-16-8-6-7-15(14-16)19-9-11-20(12-10-19)17(21)23-18(2,3)4/h5-8,14H,1,9-13H2,2-4H3. The van der Waals surface area contributed by atoms with Gasteiger partial charge >= 0.3 is 6.09 Å². The lowest BCUT2D eigenvalue weighted by Gasteiger charge is -2.36. The summed E-state index contributed by atoms with van der Waals surface area (Å²) in [6.07, 6.45) is 1.49. The molecule has 5 nitrogen and oxygen atoms in total. The van der Waals surface area contributed by atoms with Crippen molar-refractivity contribution in [3.63, 3.8) is 0 Å². The number of amides is 1. The molecule has 0 atom stereocenters. The first-order valence-electron chi connectivity index (χ1n) is 7.96. The van der Waals surface area contributed by atoms with Crippen LogP contribution in [0.15, 0.2) is 36.9 Å². The van der Waals surface area contributed by atoms with Crippen LogP contribution < -0.4 is 9.64 Å². The van der Waals surface area contributed by atoms with Gasteiger partial charge in [-0.05, 0) is 32.9 Å². The van der Waals surface area contributed by atoms with E-state index in [1.54, 1.807) is 11.0 Å². The third-order valence-corrected chi connectivity index (χ3v) is 3.48. The molecule has 1 aromatic rings. The smallest absolute Gasteiger partial charge is 0.410 e. The fraction of sp³-hybridized carbons (Fsp3) is 0.500. The van der Waals surface area contributed by atoms with Crippen molar-refractivity contribution in [1.82, 2.24) is 4.90 Å². The van der Waals surface area contributed by atoms with Crippen LogP contribution in [0.2, 0.25) is 0 Å². The van der Waals surface area contributed by atoms with E-state index >= 15 is 0 Å². The molecule has 0 aromatic heterocycles. The quantitative estimate of drug-likeness (QED) is 0.799. The second-order valence-corrected chi connectivity index (χ2v) is 6.55. The fourth-order valence-corrected chi connectivity index (χ4v) is 2.40. The van der Waals surface area contributed by atoms with Gasteiger partial charge in [0.05, 0.1) is 0 Å². The molecular weight excluding hydrogens is 292 g/mol. The van der Waals surface area contributed by atoms with Crippen molar-refractivity contribution in [2.24, 2.45) is 0 Å². The van der Waals surface area contributed by atoms with E-state index < -0.39 is 5.60 Å². The van der Waals surface area contributed by atoms with Crippen molar-refractivity contribution in [1.29, 1.82) is 0 Å². The minimum Gasteiger partial charge on any atom is -0.489 e. The van der Waals surface area contributed by atoms with Gasteiger partial charge in [-0.3, -0.25) is 0 Å². The number of carbonyl (C=O) groups is 1. The molecule has 0 spiro atoms. The topological polar surface area (TPSA) is 42.0 Å². The maximum atomic E-state index is 12.1. The summed E-state index contributed by atoms with van der Waals surface area (Å²) in [4.78, 5) is 16.1. The van der Waals surface area contributed by atoms with Crippen LogP contribution in [0.3, 0.4) is 0 Å². The number of hydrogen-bond donors (Lipinski definition) is 0. The van der Waals surface area contributed by atoms with Crippen molar-refractivity contribution in [3.05, 3.63) is 36.9 Å². The second-order valence-electron chi connectivity index (χ2n) is 6.55. The van der Waals surface area contributed by atoms with Crippen molar-refractivity contribution >= 4 is 11.8 Å². The Morgan fingerprint density at radius 2 is 1.96 bits per heavy atom. The zero-order chi connectivity index (χ0) is 16.9. The van der Waals surface area contributed by atoms with E-state index in [0.717, 1.165) is 24.5 Å². The van der Waals surface area contributed by atoms with E-state index in [2.05, 4.69) is 17.5 Å². The van der Waals surface area contributed by atoms with Gasteiger partial charge in [-0.2, -0.15) is 0 Å². The van der Waals surface area contributed by atoms with Crippen LogP contribution in [0.5, 0.6) is 5.75 Å². The van der Waals surface area contributed by atoms with Crippen LogP contribution in [0.1, 0.15) is 20.8 Å². The third-order valence-electron chi connectivity index (χ3n) is 3.48. The Morgan fingerprint density at radius 3 is 2.57 bits per heavy atom. The Balaban J connectivity index is 1.91. The highest BCUT2D eigenvalue weighted by Gasteiger charge is 2.25. The molecule has 5 heteroatoms. The van der Waals surface area contributed by atoms with Gasteiger partial charge in [0, 0.05) is 37.9 Å². The van der Waals surface area contributed by atoms with Crippen LogP contribution in [0, 0.1) is 0 Å². The summed E-state index contributed by atoms with van der Waals surface area (Å²) in [5.41, 5.74) is 0.654. The highest BCUT2D eigenvalue weighted by Crippen LogP contribution is 2.23. The summed E-state index contributed by atoms with van der Waals surface area (Å²) >= 11 is 0. The molecule has 0 saturated carbocycles. The van der Waals surface area contributed by atoms with Gasteiger partial charge < -0.3 is 19.3 Å². The van der Waals surface area contributed by atoms with Crippen molar-refractivity contribution in [2.45, 2.75) is 26.4 Å². The van der Waals surface area contributed by atoms with Crippen molar-refractivity contribution in [3.8, 4) is 5.75 Å². The fourth-order valence-electron chi connectivity index (χ4n) is 2.40. The average molecular weight is 318 g/mol. The molecule has 0 unspecified atom stereocenters. The summed E-state index contributed by atoms with van der Waals surface area (Å²) < 4.78 is 11.0. The first-order valence-corrected chi connectivity index (χ1v) is 7.96. The Labute approximate surface area is 138 Å². The maximum Gasteiger partial charge on any atom is 0.410 e. The minimum absolute atomic E-state index is 0.236. The van der Waals surface area contributed by atoms with E-state index in [4.69, 9.17) is 9.47 Å². The normalized spacial score (nSPS) is 15.3. The van der Waals surface area contributed by atoms with E-state index in [-0.39, 0.29) is 6.09 Å². The first kappa shape index (κ1) is 17.2. The van der Waals surface area contributed by atoms with Crippen LogP contribution in [-0.4, -0.2) is 49.4 Å². The van der Waals surface area contributed by atoms with E-state index in [1.165, 1.54) is 0 Å². The minimum atomic E-state index is -0.453. The number of piperazine rings is 1. The number of nitrogens with zero attached hydrogens (tertiary/aromatic N) is 2. The average Bonchev–Trinajstić information content (AvgIpc) is 2.52. The molecule has 0 radical (unpaired) electrons. The van der Waals surface area contributed by atoms with Gasteiger partial charge in [0.25, 0.3) is 0 Å². The zero-order valence-corrected chi connectivity index (χ0v) is 14.2. The molecule has 1 aromatic carbocycles. The Kier molecular flexibility index (Phi) is 5.53. The predicted molar refractivity (Wildman–Crippen MR) is 92.2 cm³/mol. The van der Waals surface area contributed by atoms with E-state index in [0.29, 0.717) is 19.7 Å². The Hall–Kier alpha value is -2.17. The number of carbonyl (C=O) groups excluding carboxylic acids is 1. The van der Waals surface area contributed by atoms with Gasteiger partial charge in [-0.1, -0.05) is 18.7 Å². The Morgan fingerprint density at radius 1 is 1.26 bits per heavy atom. The molecule has 0 N–H and O–H groups in total. The monoisotopic (exact) mass is 318 g/mol. The molecule has 0 bridgehead atoms. The van der Waals surface area contributed by atoms with Gasteiger partial charge in [0.15, 0.2) is 0 Å². The highest BCUT2D eigenvalue weighted by atomic mass is 16.6. The largest absolute Gasteiger partial charge is 0.489 e. The van der Waals surface area contributed by atoms with E-state index in [9.17, 15) is 4.79 Å². The van der Waals surface area contributed by atoms with Gasteiger partial charge in [0.2, 0.25) is 0 Å². The number of anilines is 1. The molecule has 23 heavy (non-hydrogen) atoms. The summed E-state index contributed by atoms with van der Waals surface area (Å²) in [6, 6.07) is 7.99. The first-order chi connectivity index (χ1) is 10.9. The molecule has 1 aliphatic rings. The van der Waals surface area contributed by atoms with Crippen molar-refractivity contribution in [2.75, 3.05) is 37.7 Å². The lowest BCUT2D eigenvalue weighted by atomic mass is 10.2. The Bertz CT molecular complexity index is 543. The summed E-state index contributed by atoms with van der Waals surface area (Å²) in [5, 5.41) is 0. The number of rotatable bonds is 4. The van der Waals surface area contributed by atoms with Crippen LogP contribution >= 0.6 is 0 Å². The number of ether oxygens (including phenoxy) is 2. The third kappa shape index (κ3) is 5.20. The van der Waals surface area contributed by atoms with Gasteiger partial charge in [0.1, 0.15) is 18.0 Å². The molecule has 1 aliphatic heterocycles. The highest BCUT2D eigenvalue weighted by molar-refractivity contribution is 5.68. The van der Waals surface area contributed by atoms with Crippen molar-refractivity contribution < 1.29 is 14.3 Å². The number of benzene rings is 1. The second kappa shape index (κ2) is 7.40. The molecule has 2 rings (SSSR count). The van der Waals surface area contributed by atoms with Gasteiger partial charge in [-0.25, -0.2) is 4.79 Å². The molecule has 126 valence electrons. The van der Waals surface area contributed by atoms with Gasteiger partial charge in [-0.15, -0.1) is 0 Å². The predicted octanol–water partition coefficient (Wildman–Crippen LogP) is 3.31. The lowest BCUT2D eigenvalue weighted by Crippen LogP contribution is -2.50. The summed E-state index contributed by atoms with van der Waals surface area (Å²) in [7, 11) is 0. The molecule has 1 fully saturated rings. The molecule has 0 aliphatic carbocycles. The SMILES string of the molecule is C=CCOc1cccc(N2CCN(C(=O)OC(C)(C)C)CC2)c1. The zero-order valence-electron chi connectivity index (χ0n) is 14.2. The van der Waals surface area contributed by atoms with E-state index in [1.807, 2.05) is 39.0 Å². The summed E-state index contributed by atoms with van der Waals surface area (Å²) in [6.45, 7) is 12.7. The summed E-state index contributed by atoms with van der Waals surface area (Å²) in [5.74, 6) is 0.831. The van der Waals surface area contributed by atoms with Crippen LogP contribution in [-0.2, 0) is 4.74 Å². The number of hydrogen-bond acceptors (Lipinski definition) is 4. The molecular formula is C18H26N2O3. The molecule has 1 amide bonds. The lowest BCUT2D eigenvalue weighted by molar-refractivity contribution is 0.0240. The molecule has 1 saturated heterocycles. The van der Waals surface area contributed by atoms with Crippen LogP contribution in [0.4, 0.5) is 10.5 Å².